The van der Waals surface area contributed by atoms with Gasteiger partial charge in [0.1, 0.15) is 11.3 Å². The van der Waals surface area contributed by atoms with E-state index in [0.29, 0.717) is 11.3 Å². The van der Waals surface area contributed by atoms with E-state index in [1.165, 1.54) is 26.2 Å². The predicted octanol–water partition coefficient (Wildman–Crippen LogP) is 2.15. The number of anilines is 1. The summed E-state index contributed by atoms with van der Waals surface area (Å²) < 4.78 is 27.3. The van der Waals surface area contributed by atoms with Crippen LogP contribution in [0.4, 0.5) is 5.69 Å². The normalized spacial score (nSPS) is 11.8. The summed E-state index contributed by atoms with van der Waals surface area (Å²) in [7, 11) is -0.648. The lowest BCUT2D eigenvalue weighted by Gasteiger charge is -2.12. The van der Waals surface area contributed by atoms with E-state index in [0.717, 1.165) is 10.00 Å². The number of hydrogen-bond acceptors (Lipinski definition) is 4. The van der Waals surface area contributed by atoms with Crippen LogP contribution in [0.1, 0.15) is 16.2 Å². The molecule has 0 saturated heterocycles. The van der Waals surface area contributed by atoms with Crippen LogP contribution in [0.2, 0.25) is 0 Å². The predicted molar refractivity (Wildman–Crippen MR) is 95.2 cm³/mol. The molecule has 1 N–H and O–H groups in total. The summed E-state index contributed by atoms with van der Waals surface area (Å²) in [6, 6.07) is 11.7. The number of imidazole rings is 1. The molecule has 3 aromatic rings. The summed E-state index contributed by atoms with van der Waals surface area (Å²) in [6.07, 6.45) is 1.65. The van der Waals surface area contributed by atoms with Gasteiger partial charge < -0.3 is 9.72 Å². The summed E-state index contributed by atoms with van der Waals surface area (Å²) in [5, 5.41) is 2.69. The van der Waals surface area contributed by atoms with Gasteiger partial charge in [-0.25, -0.2) is 17.7 Å². The molecule has 2 aromatic heterocycles. The van der Waals surface area contributed by atoms with Gasteiger partial charge >= 0.3 is 0 Å². The number of sulfonamides is 1. The maximum atomic E-state index is 12.4. The van der Waals surface area contributed by atoms with E-state index in [9.17, 15) is 13.2 Å². The number of carbonyl (C=O) groups excluding carboxylic acids is 1. The molecule has 1 amide bonds. The van der Waals surface area contributed by atoms with Crippen molar-refractivity contribution in [3.63, 3.8) is 0 Å². The summed E-state index contributed by atoms with van der Waals surface area (Å²) >= 11 is 0. The Hall–Kier alpha value is -2.71. The highest BCUT2D eigenvalue weighted by Gasteiger charge is 2.18. The SMILES string of the molecule is Cc1cccc2nc(C(=O)Nc3cccc(S(=O)(=O)N(C)C)c3)cn12. The zero-order valence-electron chi connectivity index (χ0n) is 14.1. The van der Waals surface area contributed by atoms with Gasteiger partial charge in [0.25, 0.3) is 5.91 Å². The number of carbonyl (C=O) groups is 1. The summed E-state index contributed by atoms with van der Waals surface area (Å²) in [6.45, 7) is 1.92. The molecule has 0 aliphatic carbocycles. The lowest BCUT2D eigenvalue weighted by atomic mass is 10.3. The highest BCUT2D eigenvalue weighted by atomic mass is 32.2. The van der Waals surface area contributed by atoms with Gasteiger partial charge in [0.2, 0.25) is 10.0 Å². The molecular weight excluding hydrogens is 340 g/mol. The fraction of sp³-hybridized carbons (Fsp3) is 0.176. The molecule has 2 heterocycles. The smallest absolute Gasteiger partial charge is 0.275 e. The first-order chi connectivity index (χ1) is 11.8. The lowest BCUT2D eigenvalue weighted by molar-refractivity contribution is 0.102. The van der Waals surface area contributed by atoms with Crippen molar-refractivity contribution in [3.8, 4) is 0 Å². The third-order valence-corrected chi connectivity index (χ3v) is 5.61. The van der Waals surface area contributed by atoms with Gasteiger partial charge in [-0.15, -0.1) is 0 Å². The molecule has 1 aromatic carbocycles. The Labute approximate surface area is 146 Å². The van der Waals surface area contributed by atoms with Crippen LogP contribution in [-0.2, 0) is 10.0 Å². The zero-order valence-corrected chi connectivity index (χ0v) is 14.9. The first-order valence-electron chi connectivity index (χ1n) is 7.58. The van der Waals surface area contributed by atoms with E-state index in [1.807, 2.05) is 29.5 Å². The number of hydrogen-bond donors (Lipinski definition) is 1. The first-order valence-corrected chi connectivity index (χ1v) is 9.02. The number of aryl methyl sites for hydroxylation is 1. The quantitative estimate of drug-likeness (QED) is 0.774. The first kappa shape index (κ1) is 17.1. The number of pyridine rings is 1. The average molecular weight is 358 g/mol. The largest absolute Gasteiger partial charge is 0.321 e. The van der Waals surface area contributed by atoms with Gasteiger partial charge in [0.15, 0.2) is 0 Å². The fourth-order valence-electron chi connectivity index (χ4n) is 2.40. The Morgan fingerprint density at radius 1 is 1.16 bits per heavy atom. The zero-order chi connectivity index (χ0) is 18.2. The van der Waals surface area contributed by atoms with E-state index in [-0.39, 0.29) is 10.6 Å². The number of fused-ring (bicyclic) bond motifs is 1. The fourth-order valence-corrected chi connectivity index (χ4v) is 3.35. The van der Waals surface area contributed by atoms with Gasteiger partial charge in [0.05, 0.1) is 4.90 Å². The van der Waals surface area contributed by atoms with E-state index in [4.69, 9.17) is 0 Å². The van der Waals surface area contributed by atoms with Crippen molar-refractivity contribution in [2.45, 2.75) is 11.8 Å². The second-order valence-corrected chi connectivity index (χ2v) is 7.94. The molecule has 0 radical (unpaired) electrons. The third kappa shape index (κ3) is 3.26. The van der Waals surface area contributed by atoms with Crippen LogP contribution in [0, 0.1) is 6.92 Å². The van der Waals surface area contributed by atoms with E-state index < -0.39 is 15.9 Å². The molecule has 130 valence electrons. The van der Waals surface area contributed by atoms with Gasteiger partial charge in [-0.1, -0.05) is 12.1 Å². The van der Waals surface area contributed by atoms with Crippen LogP contribution in [0.5, 0.6) is 0 Å². The Balaban J connectivity index is 1.89. The number of aromatic nitrogens is 2. The molecular formula is C17H18N4O3S. The standard InChI is InChI=1S/C17H18N4O3S/c1-12-6-4-9-16-19-15(11-21(12)16)17(22)18-13-7-5-8-14(10-13)25(23,24)20(2)3/h4-11H,1-3H3,(H,18,22). The lowest BCUT2D eigenvalue weighted by Crippen LogP contribution is -2.22. The molecule has 0 bridgehead atoms. The molecule has 0 unspecified atom stereocenters. The van der Waals surface area contributed by atoms with Crippen LogP contribution in [0.3, 0.4) is 0 Å². The molecule has 7 nitrogen and oxygen atoms in total. The van der Waals surface area contributed by atoms with E-state index in [1.54, 1.807) is 18.3 Å². The third-order valence-electron chi connectivity index (χ3n) is 3.80. The second-order valence-electron chi connectivity index (χ2n) is 5.79. The molecule has 0 saturated carbocycles. The molecule has 8 heteroatoms. The number of benzene rings is 1. The Morgan fingerprint density at radius 3 is 2.56 bits per heavy atom. The number of nitrogens with zero attached hydrogens (tertiary/aromatic N) is 3. The Bertz CT molecular complexity index is 1050. The molecule has 0 atom stereocenters. The molecule has 25 heavy (non-hydrogen) atoms. The van der Waals surface area contributed by atoms with Crippen LogP contribution < -0.4 is 5.32 Å². The van der Waals surface area contributed by atoms with Crippen LogP contribution in [0.15, 0.2) is 53.6 Å². The summed E-state index contributed by atoms with van der Waals surface area (Å²) in [5.74, 6) is -0.400. The maximum Gasteiger partial charge on any atom is 0.275 e. The van der Waals surface area contributed by atoms with Gasteiger partial charge in [-0.05, 0) is 37.3 Å². The molecule has 0 fully saturated rings. The van der Waals surface area contributed by atoms with Crippen LogP contribution in [0.25, 0.3) is 5.65 Å². The molecule has 0 aliphatic rings. The summed E-state index contributed by atoms with van der Waals surface area (Å²) in [4.78, 5) is 16.8. The van der Waals surface area contributed by atoms with Crippen molar-refractivity contribution in [1.82, 2.24) is 13.7 Å². The number of nitrogens with one attached hydrogen (secondary N) is 1. The minimum absolute atomic E-state index is 0.112. The van der Waals surface area contributed by atoms with Gasteiger partial charge in [-0.3, -0.25) is 4.79 Å². The van der Waals surface area contributed by atoms with Gasteiger partial charge in [0, 0.05) is 31.7 Å². The monoisotopic (exact) mass is 358 g/mol. The minimum Gasteiger partial charge on any atom is -0.321 e. The Morgan fingerprint density at radius 2 is 1.88 bits per heavy atom. The topological polar surface area (TPSA) is 83.8 Å². The second kappa shape index (κ2) is 6.30. The van der Waals surface area contributed by atoms with Gasteiger partial charge in [-0.2, -0.15) is 0 Å². The minimum atomic E-state index is -3.56. The number of rotatable bonds is 4. The molecule has 0 spiro atoms. The van der Waals surface area contributed by atoms with Crippen molar-refractivity contribution in [3.05, 3.63) is 60.0 Å². The highest BCUT2D eigenvalue weighted by molar-refractivity contribution is 7.89. The van der Waals surface area contributed by atoms with Crippen molar-refractivity contribution in [1.29, 1.82) is 0 Å². The van der Waals surface area contributed by atoms with E-state index >= 15 is 0 Å². The Kier molecular flexibility index (Phi) is 4.32. The van der Waals surface area contributed by atoms with E-state index in [2.05, 4.69) is 10.3 Å². The average Bonchev–Trinajstić information content (AvgIpc) is 3.01. The van der Waals surface area contributed by atoms with Crippen molar-refractivity contribution >= 4 is 27.3 Å². The molecule has 0 aliphatic heterocycles. The van der Waals surface area contributed by atoms with Crippen LogP contribution >= 0.6 is 0 Å². The maximum absolute atomic E-state index is 12.4. The molecule has 3 rings (SSSR count). The van der Waals surface area contributed by atoms with Crippen molar-refractivity contribution in [2.75, 3.05) is 19.4 Å². The van der Waals surface area contributed by atoms with Crippen molar-refractivity contribution in [2.24, 2.45) is 0 Å². The number of amides is 1. The highest BCUT2D eigenvalue weighted by Crippen LogP contribution is 2.19. The summed E-state index contributed by atoms with van der Waals surface area (Å²) in [5.41, 5.74) is 2.29. The van der Waals surface area contributed by atoms with Crippen molar-refractivity contribution < 1.29 is 13.2 Å². The van der Waals surface area contributed by atoms with Crippen LogP contribution in [-0.4, -0.2) is 42.1 Å².